The number of benzene rings is 1. The lowest BCUT2D eigenvalue weighted by Gasteiger charge is -2.09. The summed E-state index contributed by atoms with van der Waals surface area (Å²) in [5, 5.41) is 3.38. The third kappa shape index (κ3) is 3.36. The van der Waals surface area contributed by atoms with Crippen molar-refractivity contribution in [1.82, 2.24) is 0 Å². The van der Waals surface area contributed by atoms with Gasteiger partial charge in [-0.05, 0) is 40.9 Å². The second kappa shape index (κ2) is 5.26. The maximum Gasteiger partial charge on any atom is 0.223 e. The number of hydrogen-bond donors (Lipinski definition) is 4. The van der Waals surface area contributed by atoms with Gasteiger partial charge in [0.25, 0.3) is 0 Å². The minimum Gasteiger partial charge on any atom is -0.381 e. The Morgan fingerprint density at radius 3 is 2.61 bits per heavy atom. The highest BCUT2D eigenvalue weighted by Gasteiger charge is 2.22. The van der Waals surface area contributed by atoms with Crippen LogP contribution in [-0.4, -0.2) is 18.0 Å². The SMILES string of the molecule is NC(N)=NC(N)=Nc1c(Br)cccc1NC1CC1. The normalized spacial score (nSPS) is 15.3. The summed E-state index contributed by atoms with van der Waals surface area (Å²) in [6.45, 7) is 0. The lowest BCUT2D eigenvalue weighted by Crippen LogP contribution is -2.26. The van der Waals surface area contributed by atoms with E-state index in [2.05, 4.69) is 31.2 Å². The summed E-state index contributed by atoms with van der Waals surface area (Å²) in [4.78, 5) is 7.92. The number of rotatable bonds is 3. The predicted molar refractivity (Wildman–Crippen MR) is 77.9 cm³/mol. The van der Waals surface area contributed by atoms with Gasteiger partial charge in [0, 0.05) is 10.5 Å². The number of hydrogen-bond acceptors (Lipinski definition) is 2. The van der Waals surface area contributed by atoms with Crippen LogP contribution in [0.3, 0.4) is 0 Å². The molecule has 0 heterocycles. The first-order chi connectivity index (χ1) is 8.56. The van der Waals surface area contributed by atoms with Crippen LogP contribution in [0.15, 0.2) is 32.7 Å². The quantitative estimate of drug-likeness (QED) is 0.496. The van der Waals surface area contributed by atoms with E-state index in [4.69, 9.17) is 17.2 Å². The Kier molecular flexibility index (Phi) is 3.71. The summed E-state index contributed by atoms with van der Waals surface area (Å²) in [5.41, 5.74) is 17.8. The smallest absolute Gasteiger partial charge is 0.223 e. The molecular weight excluding hydrogens is 296 g/mol. The molecule has 0 amide bonds. The van der Waals surface area contributed by atoms with E-state index in [0.29, 0.717) is 11.7 Å². The Hall–Kier alpha value is -1.76. The monoisotopic (exact) mass is 310 g/mol. The molecule has 6 nitrogen and oxygen atoms in total. The summed E-state index contributed by atoms with van der Waals surface area (Å²) in [7, 11) is 0. The van der Waals surface area contributed by atoms with Gasteiger partial charge in [-0.15, -0.1) is 0 Å². The number of halogens is 1. The van der Waals surface area contributed by atoms with Crippen LogP contribution in [0, 0.1) is 0 Å². The molecule has 0 spiro atoms. The molecule has 18 heavy (non-hydrogen) atoms. The lowest BCUT2D eigenvalue weighted by molar-refractivity contribution is 1.15. The minimum atomic E-state index is -0.111. The van der Waals surface area contributed by atoms with Gasteiger partial charge in [-0.25, -0.2) is 4.99 Å². The van der Waals surface area contributed by atoms with Crippen LogP contribution in [0.25, 0.3) is 0 Å². The van der Waals surface area contributed by atoms with Gasteiger partial charge >= 0.3 is 0 Å². The van der Waals surface area contributed by atoms with Crippen LogP contribution in [0.2, 0.25) is 0 Å². The standard InChI is InChI=1S/C11H15BrN6/c12-7-2-1-3-8(16-6-4-5-6)9(7)17-11(15)18-10(13)14/h1-3,6,16H,4-5H2,(H6,13,14,15,17,18). The molecule has 0 atom stereocenters. The largest absolute Gasteiger partial charge is 0.381 e. The Labute approximate surface area is 113 Å². The van der Waals surface area contributed by atoms with Crippen molar-refractivity contribution in [3.8, 4) is 0 Å². The predicted octanol–water partition coefficient (Wildman–Crippen LogP) is 1.24. The molecule has 1 aliphatic carbocycles. The van der Waals surface area contributed by atoms with E-state index >= 15 is 0 Å². The van der Waals surface area contributed by atoms with Gasteiger partial charge < -0.3 is 22.5 Å². The molecular formula is C11H15BrN6. The highest BCUT2D eigenvalue weighted by atomic mass is 79.9. The maximum absolute atomic E-state index is 5.64. The number of nitrogens with one attached hydrogen (secondary N) is 1. The number of nitrogens with two attached hydrogens (primary N) is 3. The number of anilines is 1. The summed E-state index contributed by atoms with van der Waals surface area (Å²) in [5.74, 6) is -0.0826. The third-order valence-corrected chi connectivity index (χ3v) is 3.03. The van der Waals surface area contributed by atoms with Gasteiger partial charge in [0.05, 0.1) is 5.69 Å². The fourth-order valence-corrected chi connectivity index (χ4v) is 1.92. The van der Waals surface area contributed by atoms with E-state index in [1.807, 2.05) is 18.2 Å². The van der Waals surface area contributed by atoms with Crippen LogP contribution in [0.1, 0.15) is 12.8 Å². The van der Waals surface area contributed by atoms with Gasteiger partial charge in [-0.1, -0.05) is 6.07 Å². The van der Waals surface area contributed by atoms with Crippen molar-refractivity contribution in [2.45, 2.75) is 18.9 Å². The van der Waals surface area contributed by atoms with Crippen molar-refractivity contribution in [3.63, 3.8) is 0 Å². The first kappa shape index (κ1) is 12.7. The molecule has 96 valence electrons. The van der Waals surface area contributed by atoms with Crippen LogP contribution >= 0.6 is 15.9 Å². The summed E-state index contributed by atoms with van der Waals surface area (Å²) >= 11 is 3.44. The topological polar surface area (TPSA) is 115 Å². The van der Waals surface area contributed by atoms with Crippen LogP contribution in [0.4, 0.5) is 11.4 Å². The maximum atomic E-state index is 5.64. The van der Waals surface area contributed by atoms with Crippen molar-refractivity contribution < 1.29 is 0 Å². The summed E-state index contributed by atoms with van der Waals surface area (Å²) in [6.07, 6.45) is 2.36. The van der Waals surface area contributed by atoms with Gasteiger partial charge in [-0.2, -0.15) is 4.99 Å². The zero-order chi connectivity index (χ0) is 13.1. The van der Waals surface area contributed by atoms with Crippen molar-refractivity contribution in [3.05, 3.63) is 22.7 Å². The molecule has 1 saturated carbocycles. The Balaban J connectivity index is 2.32. The van der Waals surface area contributed by atoms with Crippen molar-refractivity contribution >= 4 is 39.2 Å². The van der Waals surface area contributed by atoms with E-state index in [-0.39, 0.29) is 11.9 Å². The average Bonchev–Trinajstić information content (AvgIpc) is 3.06. The van der Waals surface area contributed by atoms with Gasteiger partial charge in [0.2, 0.25) is 5.96 Å². The fraction of sp³-hybridized carbons (Fsp3) is 0.273. The molecule has 7 N–H and O–H groups in total. The molecule has 1 aromatic rings. The molecule has 0 unspecified atom stereocenters. The molecule has 1 aliphatic rings. The molecule has 1 aromatic carbocycles. The van der Waals surface area contributed by atoms with Gasteiger partial charge in [-0.3, -0.25) is 0 Å². The molecule has 2 rings (SSSR count). The highest BCUT2D eigenvalue weighted by Crippen LogP contribution is 2.36. The second-order valence-electron chi connectivity index (χ2n) is 4.06. The van der Waals surface area contributed by atoms with Gasteiger partial charge in [0.15, 0.2) is 5.96 Å². The van der Waals surface area contributed by atoms with Crippen molar-refractivity contribution in [2.24, 2.45) is 27.2 Å². The molecule has 0 radical (unpaired) electrons. The Morgan fingerprint density at radius 2 is 2.00 bits per heavy atom. The summed E-state index contributed by atoms with van der Waals surface area (Å²) < 4.78 is 0.835. The molecule has 0 saturated heterocycles. The van der Waals surface area contributed by atoms with Crippen LogP contribution < -0.4 is 22.5 Å². The molecule has 7 heteroatoms. The van der Waals surface area contributed by atoms with E-state index in [0.717, 1.165) is 10.2 Å². The van der Waals surface area contributed by atoms with Crippen molar-refractivity contribution in [1.29, 1.82) is 0 Å². The van der Waals surface area contributed by atoms with E-state index in [1.54, 1.807) is 0 Å². The number of nitrogens with zero attached hydrogens (tertiary/aromatic N) is 2. The summed E-state index contributed by atoms with van der Waals surface area (Å²) in [6, 6.07) is 6.30. The van der Waals surface area contributed by atoms with Gasteiger partial charge in [0.1, 0.15) is 5.69 Å². The Bertz CT molecular complexity index is 502. The van der Waals surface area contributed by atoms with E-state index in [9.17, 15) is 0 Å². The molecule has 0 aromatic heterocycles. The highest BCUT2D eigenvalue weighted by molar-refractivity contribution is 9.10. The molecule has 1 fully saturated rings. The lowest BCUT2D eigenvalue weighted by atomic mass is 10.2. The fourth-order valence-electron chi connectivity index (χ4n) is 1.46. The van der Waals surface area contributed by atoms with E-state index < -0.39 is 0 Å². The zero-order valence-electron chi connectivity index (χ0n) is 9.73. The van der Waals surface area contributed by atoms with Crippen LogP contribution in [-0.2, 0) is 0 Å². The van der Waals surface area contributed by atoms with Crippen molar-refractivity contribution in [2.75, 3.05) is 5.32 Å². The first-order valence-electron chi connectivity index (χ1n) is 5.55. The zero-order valence-corrected chi connectivity index (χ0v) is 11.3. The minimum absolute atomic E-state index is 0.0285. The third-order valence-electron chi connectivity index (χ3n) is 2.39. The second-order valence-corrected chi connectivity index (χ2v) is 4.92. The molecule has 0 aliphatic heterocycles. The molecule has 0 bridgehead atoms. The number of aliphatic imine (C=N–C) groups is 2. The first-order valence-corrected chi connectivity index (χ1v) is 6.34. The van der Waals surface area contributed by atoms with Crippen LogP contribution in [0.5, 0.6) is 0 Å². The number of guanidine groups is 2. The Morgan fingerprint density at radius 1 is 1.28 bits per heavy atom. The van der Waals surface area contributed by atoms with E-state index in [1.165, 1.54) is 12.8 Å². The number of para-hydroxylation sites is 1. The average molecular weight is 311 g/mol.